The van der Waals surface area contributed by atoms with Crippen molar-refractivity contribution < 1.29 is 22.7 Å². The number of carbonyl (C=O) groups excluding carboxylic acids is 1. The zero-order chi connectivity index (χ0) is 14.8. The number of esters is 1. The molecular formula is C13H23NO5S. The Hall–Kier alpha value is -0.660. The van der Waals surface area contributed by atoms with Gasteiger partial charge in [0.25, 0.3) is 0 Å². The summed E-state index contributed by atoms with van der Waals surface area (Å²) in [5.41, 5.74) is 0. The van der Waals surface area contributed by atoms with Crippen molar-refractivity contribution in [2.24, 2.45) is 5.92 Å². The lowest BCUT2D eigenvalue weighted by Gasteiger charge is -2.24. The Bertz CT molecular complexity index is 444. The molecule has 4 unspecified atom stereocenters. The predicted molar refractivity (Wildman–Crippen MR) is 73.6 cm³/mol. The van der Waals surface area contributed by atoms with Crippen LogP contribution in [-0.2, 0) is 24.3 Å². The van der Waals surface area contributed by atoms with Gasteiger partial charge in [0.1, 0.15) is 0 Å². The molecule has 20 heavy (non-hydrogen) atoms. The van der Waals surface area contributed by atoms with E-state index in [1.54, 1.807) is 0 Å². The molecule has 0 radical (unpaired) electrons. The molecule has 0 aromatic heterocycles. The molecule has 1 N–H and O–H groups in total. The number of methoxy groups -OCH3 is 1. The van der Waals surface area contributed by atoms with Crippen LogP contribution in [0.5, 0.6) is 0 Å². The van der Waals surface area contributed by atoms with E-state index in [0.717, 1.165) is 19.3 Å². The molecular weight excluding hydrogens is 282 g/mol. The molecule has 2 rings (SSSR count). The van der Waals surface area contributed by atoms with E-state index < -0.39 is 27.2 Å². The summed E-state index contributed by atoms with van der Waals surface area (Å²) >= 11 is 0. The molecule has 2 fully saturated rings. The van der Waals surface area contributed by atoms with Gasteiger partial charge in [-0.3, -0.25) is 4.79 Å². The Morgan fingerprint density at radius 2 is 2.05 bits per heavy atom. The monoisotopic (exact) mass is 305 g/mol. The van der Waals surface area contributed by atoms with Crippen molar-refractivity contribution in [3.8, 4) is 0 Å². The van der Waals surface area contributed by atoms with Crippen molar-refractivity contribution >= 4 is 16.0 Å². The van der Waals surface area contributed by atoms with Crippen molar-refractivity contribution in [2.75, 3.05) is 13.7 Å². The van der Waals surface area contributed by atoms with Crippen LogP contribution < -0.4 is 4.72 Å². The molecule has 6 nitrogen and oxygen atoms in total. The van der Waals surface area contributed by atoms with E-state index in [-0.39, 0.29) is 12.1 Å². The lowest BCUT2D eigenvalue weighted by atomic mass is 10.1. The zero-order valence-electron chi connectivity index (χ0n) is 12.0. The van der Waals surface area contributed by atoms with Crippen LogP contribution in [0.1, 0.15) is 39.0 Å². The first-order chi connectivity index (χ1) is 9.45. The van der Waals surface area contributed by atoms with Gasteiger partial charge in [-0.15, -0.1) is 0 Å². The first-order valence-corrected chi connectivity index (χ1v) is 8.71. The molecule has 7 heteroatoms. The molecule has 1 saturated heterocycles. The maximum atomic E-state index is 12.5. The number of sulfonamides is 1. The van der Waals surface area contributed by atoms with Crippen LogP contribution in [0, 0.1) is 5.92 Å². The molecule has 0 spiro atoms. The quantitative estimate of drug-likeness (QED) is 0.760. The summed E-state index contributed by atoms with van der Waals surface area (Å²) in [6.45, 7) is 2.50. The highest BCUT2D eigenvalue weighted by Gasteiger charge is 2.43. The minimum absolute atomic E-state index is 0.0669. The fraction of sp³-hybridized carbons (Fsp3) is 0.923. The van der Waals surface area contributed by atoms with E-state index in [9.17, 15) is 13.2 Å². The molecule has 1 aliphatic heterocycles. The fourth-order valence-electron chi connectivity index (χ4n) is 3.14. The van der Waals surface area contributed by atoms with Gasteiger partial charge in [0.05, 0.1) is 24.4 Å². The average Bonchev–Trinajstić information content (AvgIpc) is 3.08. The van der Waals surface area contributed by atoms with E-state index in [1.807, 2.05) is 6.92 Å². The van der Waals surface area contributed by atoms with Crippen molar-refractivity contribution in [3.63, 3.8) is 0 Å². The highest BCUT2D eigenvalue weighted by molar-refractivity contribution is 7.90. The van der Waals surface area contributed by atoms with Gasteiger partial charge >= 0.3 is 5.97 Å². The first kappa shape index (κ1) is 15.7. The number of nitrogens with one attached hydrogen (secondary N) is 1. The van der Waals surface area contributed by atoms with Crippen LogP contribution >= 0.6 is 0 Å². The highest BCUT2D eigenvalue weighted by atomic mass is 32.2. The smallest absolute Gasteiger partial charge is 0.310 e. The fourth-order valence-corrected chi connectivity index (χ4v) is 5.14. The molecule has 4 atom stereocenters. The average molecular weight is 305 g/mol. The lowest BCUT2D eigenvalue weighted by molar-refractivity contribution is -0.145. The lowest BCUT2D eigenvalue weighted by Crippen LogP contribution is -2.47. The summed E-state index contributed by atoms with van der Waals surface area (Å²) in [5.74, 6) is -0.975. The third-order valence-corrected chi connectivity index (χ3v) is 6.29. The number of hydrogen-bond acceptors (Lipinski definition) is 5. The first-order valence-electron chi connectivity index (χ1n) is 7.16. The van der Waals surface area contributed by atoms with Crippen LogP contribution in [0.15, 0.2) is 0 Å². The van der Waals surface area contributed by atoms with E-state index in [0.29, 0.717) is 19.4 Å². The Morgan fingerprint density at radius 3 is 2.65 bits per heavy atom. The Morgan fingerprint density at radius 1 is 1.30 bits per heavy atom. The second kappa shape index (κ2) is 6.41. The van der Waals surface area contributed by atoms with Gasteiger partial charge in [-0.25, -0.2) is 13.1 Å². The third kappa shape index (κ3) is 3.32. The highest BCUT2D eigenvalue weighted by Crippen LogP contribution is 2.32. The minimum atomic E-state index is -3.53. The molecule has 116 valence electrons. The van der Waals surface area contributed by atoms with Gasteiger partial charge in [0, 0.05) is 12.6 Å². The van der Waals surface area contributed by atoms with E-state index in [1.165, 1.54) is 7.11 Å². The standard InChI is InChI=1S/C13H23NO5S/c1-9(11-6-4-8-19-11)14-20(16,17)12-7-3-5-10(12)13(15)18-2/h9-12,14H,3-8H2,1-2H3. The summed E-state index contributed by atoms with van der Waals surface area (Å²) in [6, 6.07) is -0.263. The van der Waals surface area contributed by atoms with Gasteiger partial charge in [-0.05, 0) is 32.6 Å². The van der Waals surface area contributed by atoms with Crippen LogP contribution in [0.2, 0.25) is 0 Å². The van der Waals surface area contributed by atoms with Crippen molar-refractivity contribution in [1.29, 1.82) is 0 Å². The summed E-state index contributed by atoms with van der Waals surface area (Å²) in [6.07, 6.45) is 3.59. The van der Waals surface area contributed by atoms with Gasteiger partial charge in [0.15, 0.2) is 0 Å². The summed E-state index contributed by atoms with van der Waals surface area (Å²) < 4.78 is 37.8. The maximum absolute atomic E-state index is 12.5. The summed E-state index contributed by atoms with van der Waals surface area (Å²) in [4.78, 5) is 11.7. The van der Waals surface area contributed by atoms with E-state index in [4.69, 9.17) is 9.47 Å². The minimum Gasteiger partial charge on any atom is -0.469 e. The van der Waals surface area contributed by atoms with Gasteiger partial charge in [0.2, 0.25) is 10.0 Å². The van der Waals surface area contributed by atoms with Gasteiger partial charge in [-0.1, -0.05) is 6.42 Å². The SMILES string of the molecule is COC(=O)C1CCCC1S(=O)(=O)NC(C)C1CCCO1. The van der Waals surface area contributed by atoms with Crippen LogP contribution in [0.4, 0.5) is 0 Å². The molecule has 2 aliphatic rings. The van der Waals surface area contributed by atoms with Crippen molar-refractivity contribution in [2.45, 2.75) is 56.4 Å². The number of ether oxygens (including phenoxy) is 2. The van der Waals surface area contributed by atoms with Gasteiger partial charge in [-0.2, -0.15) is 0 Å². The van der Waals surface area contributed by atoms with Crippen molar-refractivity contribution in [3.05, 3.63) is 0 Å². The normalized spacial score (nSPS) is 32.2. The van der Waals surface area contributed by atoms with Crippen LogP contribution in [-0.4, -0.2) is 45.5 Å². The molecule has 0 bridgehead atoms. The zero-order valence-corrected chi connectivity index (χ0v) is 12.8. The van der Waals surface area contributed by atoms with E-state index in [2.05, 4.69) is 4.72 Å². The largest absolute Gasteiger partial charge is 0.469 e. The number of carbonyl (C=O) groups is 1. The number of hydrogen-bond donors (Lipinski definition) is 1. The maximum Gasteiger partial charge on any atom is 0.310 e. The van der Waals surface area contributed by atoms with Crippen LogP contribution in [0.3, 0.4) is 0 Å². The number of rotatable bonds is 5. The topological polar surface area (TPSA) is 81.7 Å². The Kier molecular flexibility index (Phi) is 5.04. The Balaban J connectivity index is 2.03. The van der Waals surface area contributed by atoms with Crippen molar-refractivity contribution in [1.82, 2.24) is 4.72 Å². The summed E-state index contributed by atoms with van der Waals surface area (Å²) in [5, 5.41) is -0.682. The molecule has 0 aromatic carbocycles. The molecule has 0 amide bonds. The molecule has 0 aromatic rings. The molecule has 1 saturated carbocycles. The van der Waals surface area contributed by atoms with Gasteiger partial charge < -0.3 is 9.47 Å². The molecule has 1 aliphatic carbocycles. The predicted octanol–water partition coefficient (Wildman–Crippen LogP) is 0.815. The third-order valence-electron chi connectivity index (χ3n) is 4.23. The van der Waals surface area contributed by atoms with Crippen LogP contribution in [0.25, 0.3) is 0 Å². The van der Waals surface area contributed by atoms with E-state index >= 15 is 0 Å². The summed E-state index contributed by atoms with van der Waals surface area (Å²) in [7, 11) is -2.23. The second-order valence-corrected chi connectivity index (χ2v) is 7.53. The Labute approximate surface area is 120 Å². The molecule has 1 heterocycles. The second-order valence-electron chi connectivity index (χ2n) is 5.60.